The highest BCUT2D eigenvalue weighted by Crippen LogP contribution is 2.67. The molecule has 0 amide bonds. The van der Waals surface area contributed by atoms with Crippen LogP contribution >= 0.6 is 0 Å². The molecule has 0 aliphatic heterocycles. The van der Waals surface area contributed by atoms with Crippen LogP contribution in [0, 0.1) is 41.4 Å². The van der Waals surface area contributed by atoms with Gasteiger partial charge in [-0.05, 0) is 74.7 Å². The number of carbonyl (C=O) groups excluding carboxylic acids is 1. The minimum absolute atomic E-state index is 0.0421. The summed E-state index contributed by atoms with van der Waals surface area (Å²) >= 11 is 0. The number of ether oxygens (including phenoxy) is 1. The Labute approximate surface area is 172 Å². The molecule has 0 saturated heterocycles. The van der Waals surface area contributed by atoms with Crippen molar-refractivity contribution in [2.45, 2.75) is 84.2 Å². The van der Waals surface area contributed by atoms with Crippen LogP contribution in [0.3, 0.4) is 0 Å². The summed E-state index contributed by atoms with van der Waals surface area (Å²) in [5.74, 6) is 5.77. The largest absolute Gasteiger partial charge is 0.365 e. The van der Waals surface area contributed by atoms with Crippen molar-refractivity contribution in [2.75, 3.05) is 7.11 Å². The van der Waals surface area contributed by atoms with E-state index in [9.17, 15) is 4.79 Å². The highest BCUT2D eigenvalue weighted by atomic mass is 16.5. The van der Waals surface area contributed by atoms with Crippen molar-refractivity contribution in [1.29, 1.82) is 0 Å². The number of rotatable bonds is 2. The van der Waals surface area contributed by atoms with Crippen LogP contribution in [0.1, 0.15) is 78.6 Å². The molecule has 0 aromatic rings. The molecule has 0 bridgehead atoms. The van der Waals surface area contributed by atoms with Crippen molar-refractivity contribution in [3.63, 3.8) is 0 Å². The minimum atomic E-state index is -0.432. The quantitative estimate of drug-likeness (QED) is 0.425. The van der Waals surface area contributed by atoms with Crippen molar-refractivity contribution in [2.24, 2.45) is 29.1 Å². The average Bonchev–Trinajstić information content (AvgIpc) is 3.03. The van der Waals surface area contributed by atoms with E-state index < -0.39 is 5.60 Å². The number of hydrogen-bond acceptors (Lipinski definition) is 2. The molecule has 4 aliphatic rings. The summed E-state index contributed by atoms with van der Waals surface area (Å²) in [4.78, 5) is 11.9. The molecule has 0 spiro atoms. The van der Waals surface area contributed by atoms with Crippen LogP contribution in [-0.4, -0.2) is 18.5 Å². The zero-order chi connectivity index (χ0) is 20.5. The number of carbonyl (C=O) groups is 1. The topological polar surface area (TPSA) is 26.3 Å². The second-order valence-corrected chi connectivity index (χ2v) is 9.43. The molecule has 3 fully saturated rings. The lowest BCUT2D eigenvalue weighted by molar-refractivity contribution is -0.116. The molecule has 0 aromatic heterocycles. The standard InChI is InChI=1S/C23H30O2.C3H8/c1-5-22-14-15(3)21-18-10-8-17(24)13-16(18)7-9-19(21)20(22)11-12-23(22,6-2)25-4;1-3-2/h2,13,18-21H,3,5,7-12,14H2,1,4H3;3H2,1-2H3/t18-,19-,20-,21+,22-,23-;/m0./s1. The third-order valence-corrected chi connectivity index (χ3v) is 8.25. The van der Waals surface area contributed by atoms with Crippen molar-refractivity contribution >= 4 is 5.78 Å². The molecule has 2 nitrogen and oxygen atoms in total. The van der Waals surface area contributed by atoms with E-state index in [1.54, 1.807) is 7.11 Å². The Morgan fingerprint density at radius 2 is 1.96 bits per heavy atom. The van der Waals surface area contributed by atoms with Gasteiger partial charge in [0.15, 0.2) is 5.78 Å². The van der Waals surface area contributed by atoms with Crippen LogP contribution in [0.4, 0.5) is 0 Å². The smallest absolute Gasteiger partial charge is 0.155 e. The Morgan fingerprint density at radius 1 is 1.25 bits per heavy atom. The van der Waals surface area contributed by atoms with Crippen molar-refractivity contribution < 1.29 is 9.53 Å². The van der Waals surface area contributed by atoms with Crippen LogP contribution in [0.5, 0.6) is 0 Å². The molecule has 2 heteroatoms. The summed E-state index contributed by atoms with van der Waals surface area (Å²) in [6.45, 7) is 11.1. The van der Waals surface area contributed by atoms with E-state index in [1.807, 2.05) is 6.08 Å². The summed E-state index contributed by atoms with van der Waals surface area (Å²) < 4.78 is 6.03. The minimum Gasteiger partial charge on any atom is -0.365 e. The van der Waals surface area contributed by atoms with Crippen LogP contribution < -0.4 is 0 Å². The Kier molecular flexibility index (Phi) is 6.26. The first kappa shape index (κ1) is 21.4. The van der Waals surface area contributed by atoms with Crippen molar-refractivity contribution in [3.8, 4) is 12.3 Å². The van der Waals surface area contributed by atoms with Crippen molar-refractivity contribution in [1.82, 2.24) is 0 Å². The monoisotopic (exact) mass is 382 g/mol. The number of methoxy groups -OCH3 is 1. The van der Waals surface area contributed by atoms with Crippen LogP contribution in [-0.2, 0) is 9.53 Å². The first-order valence-electron chi connectivity index (χ1n) is 11.4. The molecule has 4 aliphatic carbocycles. The maximum absolute atomic E-state index is 11.9. The molecule has 0 aromatic carbocycles. The number of fused-ring (bicyclic) bond motifs is 5. The lowest BCUT2D eigenvalue weighted by Crippen LogP contribution is -2.54. The summed E-state index contributed by atoms with van der Waals surface area (Å²) in [6.07, 6.45) is 17.4. The van der Waals surface area contributed by atoms with Gasteiger partial charge in [-0.25, -0.2) is 0 Å². The normalized spacial score (nSPS) is 41.6. The summed E-state index contributed by atoms with van der Waals surface area (Å²) in [5.41, 5.74) is 2.38. The van der Waals surface area contributed by atoms with Gasteiger partial charge in [-0.1, -0.05) is 50.8 Å². The van der Waals surface area contributed by atoms with E-state index in [0.29, 0.717) is 35.9 Å². The zero-order valence-corrected chi connectivity index (χ0v) is 18.4. The average molecular weight is 383 g/mol. The second kappa shape index (κ2) is 8.19. The summed E-state index contributed by atoms with van der Waals surface area (Å²) in [6, 6.07) is 0. The predicted molar refractivity (Wildman–Crippen MR) is 116 cm³/mol. The predicted octanol–water partition coefficient (Wildman–Crippen LogP) is 6.12. The Hall–Kier alpha value is -1.33. The van der Waals surface area contributed by atoms with Crippen molar-refractivity contribution in [3.05, 3.63) is 23.8 Å². The maximum Gasteiger partial charge on any atom is 0.155 e. The molecule has 28 heavy (non-hydrogen) atoms. The number of allylic oxidation sites excluding steroid dienone is 2. The highest BCUT2D eigenvalue weighted by Gasteiger charge is 2.65. The Bertz CT molecular complexity index is 696. The third-order valence-electron chi connectivity index (χ3n) is 8.25. The van der Waals surface area contributed by atoms with E-state index in [0.717, 1.165) is 32.1 Å². The van der Waals surface area contributed by atoms with Gasteiger partial charge in [-0.2, -0.15) is 0 Å². The summed E-state index contributed by atoms with van der Waals surface area (Å²) in [7, 11) is 1.79. The third kappa shape index (κ3) is 3.02. The summed E-state index contributed by atoms with van der Waals surface area (Å²) in [5, 5.41) is 0. The zero-order valence-electron chi connectivity index (χ0n) is 18.4. The van der Waals surface area contributed by atoms with Gasteiger partial charge >= 0.3 is 0 Å². The van der Waals surface area contributed by atoms with E-state index in [1.165, 1.54) is 30.4 Å². The molecule has 0 heterocycles. The number of terminal acetylenes is 1. The second-order valence-electron chi connectivity index (χ2n) is 9.43. The van der Waals surface area contributed by atoms with E-state index in [-0.39, 0.29) is 5.41 Å². The van der Waals surface area contributed by atoms with E-state index in [2.05, 4.69) is 33.3 Å². The van der Waals surface area contributed by atoms with Gasteiger partial charge in [0.05, 0.1) is 0 Å². The van der Waals surface area contributed by atoms with Gasteiger partial charge in [0.1, 0.15) is 5.60 Å². The van der Waals surface area contributed by atoms with Crippen LogP contribution in [0.15, 0.2) is 23.8 Å². The number of ketones is 1. The first-order valence-corrected chi connectivity index (χ1v) is 11.4. The van der Waals surface area contributed by atoms with Gasteiger partial charge < -0.3 is 4.74 Å². The Morgan fingerprint density at radius 3 is 2.57 bits per heavy atom. The first-order chi connectivity index (χ1) is 13.4. The number of hydrogen-bond donors (Lipinski definition) is 0. The van der Waals surface area contributed by atoms with E-state index >= 15 is 0 Å². The molecule has 154 valence electrons. The molecule has 3 saturated carbocycles. The van der Waals surface area contributed by atoms with Gasteiger partial charge in [0.25, 0.3) is 0 Å². The van der Waals surface area contributed by atoms with Gasteiger partial charge in [-0.15, -0.1) is 6.42 Å². The fourth-order valence-electron chi connectivity index (χ4n) is 7.24. The van der Waals surface area contributed by atoms with Crippen LogP contribution in [0.2, 0.25) is 0 Å². The molecule has 4 rings (SSSR count). The van der Waals surface area contributed by atoms with Crippen LogP contribution in [0.25, 0.3) is 0 Å². The molecule has 0 radical (unpaired) electrons. The molecule has 0 N–H and O–H groups in total. The van der Waals surface area contributed by atoms with Gasteiger partial charge in [0, 0.05) is 18.9 Å². The highest BCUT2D eigenvalue weighted by molar-refractivity contribution is 5.91. The lowest BCUT2D eigenvalue weighted by Gasteiger charge is -2.57. The molecule has 0 unspecified atom stereocenters. The van der Waals surface area contributed by atoms with Gasteiger partial charge in [-0.3, -0.25) is 4.79 Å². The molecular formula is C26H38O2. The van der Waals surface area contributed by atoms with Gasteiger partial charge in [0.2, 0.25) is 0 Å². The molecular weight excluding hydrogens is 344 g/mol. The molecule has 6 atom stereocenters. The SMILES string of the molecule is C#C[C@]1(OC)CC[C@H]2[C@@H]3CCC4=CC(=O)CC[C@@H]4[C@H]3C(=C)C[C@@]21CC.CCC. The lowest BCUT2D eigenvalue weighted by atomic mass is 9.48. The fraction of sp³-hybridized carbons (Fsp3) is 0.731. The Balaban J connectivity index is 0.000000706. The van der Waals surface area contributed by atoms with E-state index in [4.69, 9.17) is 11.2 Å². The maximum atomic E-state index is 11.9. The fourth-order valence-corrected chi connectivity index (χ4v) is 7.24.